The van der Waals surface area contributed by atoms with Crippen molar-refractivity contribution in [1.82, 2.24) is 5.01 Å². The topological polar surface area (TPSA) is 138 Å². The molecule has 5 rings (SSSR count). The summed E-state index contributed by atoms with van der Waals surface area (Å²) in [5.41, 5.74) is 1.29. The second-order valence-corrected chi connectivity index (χ2v) is 8.59. The normalized spacial score (nSPS) is 19.9. The molecule has 1 fully saturated rings. The molecular formula is C26H23N3O8. The van der Waals surface area contributed by atoms with Crippen LogP contribution in [-0.2, 0) is 9.53 Å². The highest BCUT2D eigenvalue weighted by Crippen LogP contribution is 2.44. The summed E-state index contributed by atoms with van der Waals surface area (Å²) in [6.07, 6.45) is 7.55. The molecule has 190 valence electrons. The minimum atomic E-state index is -0.878. The molecule has 11 nitrogen and oxygen atoms in total. The zero-order valence-corrected chi connectivity index (χ0v) is 19.9. The Morgan fingerprint density at radius 2 is 2.03 bits per heavy atom. The SMILES string of the molecule is COc1ccc(C(=O)OCC(=O)N2N=C3/C(=C/c4ccco4)CCC[C@@H]3[C@@H]2c2ccco2)cc1[N+](=O)[O-]. The van der Waals surface area contributed by atoms with Gasteiger partial charge < -0.3 is 18.3 Å². The average Bonchev–Trinajstić information content (AvgIpc) is 3.68. The van der Waals surface area contributed by atoms with Gasteiger partial charge in [-0.2, -0.15) is 5.10 Å². The van der Waals surface area contributed by atoms with E-state index in [9.17, 15) is 19.7 Å². The molecule has 2 aliphatic rings. The van der Waals surface area contributed by atoms with Crippen molar-refractivity contribution in [3.8, 4) is 5.75 Å². The van der Waals surface area contributed by atoms with Gasteiger partial charge in [-0.1, -0.05) is 0 Å². The van der Waals surface area contributed by atoms with E-state index in [0.717, 1.165) is 36.6 Å². The minimum Gasteiger partial charge on any atom is -0.490 e. The Morgan fingerprint density at radius 1 is 1.22 bits per heavy atom. The number of hydrazone groups is 1. The number of methoxy groups -OCH3 is 1. The first-order valence-electron chi connectivity index (χ1n) is 11.6. The maximum atomic E-state index is 13.3. The average molecular weight is 505 g/mol. The summed E-state index contributed by atoms with van der Waals surface area (Å²) in [7, 11) is 1.29. The van der Waals surface area contributed by atoms with Crippen LogP contribution >= 0.6 is 0 Å². The molecule has 1 saturated carbocycles. The number of nitro benzene ring substituents is 1. The van der Waals surface area contributed by atoms with Crippen LogP contribution in [0, 0.1) is 16.0 Å². The van der Waals surface area contributed by atoms with Gasteiger partial charge in [-0.05, 0) is 67.3 Å². The third-order valence-electron chi connectivity index (χ3n) is 6.39. The van der Waals surface area contributed by atoms with Crippen LogP contribution in [0.15, 0.2) is 74.5 Å². The van der Waals surface area contributed by atoms with Crippen LogP contribution in [0.2, 0.25) is 0 Å². The van der Waals surface area contributed by atoms with Gasteiger partial charge >= 0.3 is 11.7 Å². The van der Waals surface area contributed by atoms with Gasteiger partial charge in [0, 0.05) is 12.0 Å². The van der Waals surface area contributed by atoms with Gasteiger partial charge in [0.1, 0.15) is 17.6 Å². The summed E-state index contributed by atoms with van der Waals surface area (Å²) in [5, 5.41) is 17.2. The van der Waals surface area contributed by atoms with Gasteiger partial charge in [0.25, 0.3) is 5.91 Å². The molecule has 1 amide bonds. The van der Waals surface area contributed by atoms with Crippen LogP contribution < -0.4 is 4.74 Å². The van der Waals surface area contributed by atoms with Crippen LogP contribution in [0.5, 0.6) is 5.75 Å². The molecule has 1 aromatic carbocycles. The molecule has 2 aromatic heterocycles. The first kappa shape index (κ1) is 24.0. The van der Waals surface area contributed by atoms with Crippen molar-refractivity contribution in [2.45, 2.75) is 25.3 Å². The van der Waals surface area contributed by atoms with Crippen molar-refractivity contribution >= 4 is 29.4 Å². The number of hydrogen-bond acceptors (Lipinski definition) is 9. The summed E-state index contributed by atoms with van der Waals surface area (Å²) in [6, 6.07) is 10.4. The molecule has 11 heteroatoms. The molecule has 1 aliphatic carbocycles. The molecule has 3 aromatic rings. The Bertz CT molecular complexity index is 1370. The molecule has 37 heavy (non-hydrogen) atoms. The van der Waals surface area contributed by atoms with E-state index in [1.807, 2.05) is 12.1 Å². The van der Waals surface area contributed by atoms with Crippen molar-refractivity contribution < 1.29 is 32.8 Å². The lowest BCUT2D eigenvalue weighted by atomic mass is 9.79. The summed E-state index contributed by atoms with van der Waals surface area (Å²) in [5.74, 6) is -0.236. The highest BCUT2D eigenvalue weighted by Gasteiger charge is 2.45. The quantitative estimate of drug-likeness (QED) is 0.254. The van der Waals surface area contributed by atoms with E-state index in [1.54, 1.807) is 24.5 Å². The molecule has 0 bridgehead atoms. The lowest BCUT2D eigenvalue weighted by Crippen LogP contribution is -2.34. The van der Waals surface area contributed by atoms with Gasteiger partial charge in [0.2, 0.25) is 0 Å². The predicted octanol–water partition coefficient (Wildman–Crippen LogP) is 4.77. The Hall–Kier alpha value is -4.67. The lowest BCUT2D eigenvalue weighted by molar-refractivity contribution is -0.385. The summed E-state index contributed by atoms with van der Waals surface area (Å²) in [4.78, 5) is 36.5. The van der Waals surface area contributed by atoms with Gasteiger partial charge in [0.15, 0.2) is 12.4 Å². The van der Waals surface area contributed by atoms with Crippen molar-refractivity contribution in [2.24, 2.45) is 11.0 Å². The van der Waals surface area contributed by atoms with E-state index < -0.39 is 29.4 Å². The van der Waals surface area contributed by atoms with Gasteiger partial charge in [-0.3, -0.25) is 14.9 Å². The number of fused-ring (bicyclic) bond motifs is 1. The van der Waals surface area contributed by atoms with E-state index in [4.69, 9.17) is 18.3 Å². The number of nitrogens with zero attached hydrogens (tertiary/aromatic N) is 3. The predicted molar refractivity (Wildman–Crippen MR) is 130 cm³/mol. The van der Waals surface area contributed by atoms with Crippen LogP contribution in [0.25, 0.3) is 6.08 Å². The van der Waals surface area contributed by atoms with Crippen LogP contribution in [0.4, 0.5) is 5.69 Å². The number of furan rings is 2. The molecule has 0 saturated heterocycles. The van der Waals surface area contributed by atoms with E-state index in [-0.39, 0.29) is 22.9 Å². The number of carbonyl (C=O) groups is 2. The monoisotopic (exact) mass is 505 g/mol. The smallest absolute Gasteiger partial charge is 0.338 e. The molecule has 0 unspecified atom stereocenters. The number of nitro groups is 1. The van der Waals surface area contributed by atoms with Gasteiger partial charge in [-0.25, -0.2) is 9.80 Å². The molecule has 0 spiro atoms. The minimum absolute atomic E-state index is 0.00724. The number of rotatable bonds is 7. The number of carbonyl (C=O) groups excluding carboxylic acids is 2. The van der Waals surface area contributed by atoms with Crippen LogP contribution in [-0.4, -0.2) is 41.2 Å². The number of hydrogen-bond donors (Lipinski definition) is 0. The fraction of sp³-hybridized carbons (Fsp3) is 0.269. The summed E-state index contributed by atoms with van der Waals surface area (Å²) >= 11 is 0. The molecule has 0 radical (unpaired) electrons. The van der Waals surface area contributed by atoms with Crippen LogP contribution in [0.3, 0.4) is 0 Å². The first-order valence-corrected chi connectivity index (χ1v) is 11.6. The maximum Gasteiger partial charge on any atom is 0.338 e. The lowest BCUT2D eigenvalue weighted by Gasteiger charge is -2.27. The van der Waals surface area contributed by atoms with Gasteiger partial charge in [-0.15, -0.1) is 0 Å². The van der Waals surface area contributed by atoms with E-state index in [0.29, 0.717) is 11.5 Å². The summed E-state index contributed by atoms with van der Waals surface area (Å²) in [6.45, 7) is -0.601. The standard InChI is InChI=1S/C26H23N3O8/c1-34-21-10-9-17(14-20(21)29(32)33)26(31)37-15-23(30)28-25(22-8-4-12-36-22)19-7-2-5-16(24(19)27-28)13-18-6-3-11-35-18/h3-4,6,8-14,19,25H,2,5,7,15H2,1H3/b16-13+/t19-,25+/m0/s1. The number of amides is 1. The number of allylic oxidation sites excluding steroid dienone is 1. The zero-order chi connectivity index (χ0) is 25.9. The molecule has 2 atom stereocenters. The summed E-state index contributed by atoms with van der Waals surface area (Å²) < 4.78 is 21.3. The fourth-order valence-electron chi connectivity index (χ4n) is 4.73. The Morgan fingerprint density at radius 3 is 2.73 bits per heavy atom. The zero-order valence-electron chi connectivity index (χ0n) is 19.9. The highest BCUT2D eigenvalue weighted by atomic mass is 16.6. The molecule has 1 aliphatic heterocycles. The molecule has 3 heterocycles. The maximum absolute atomic E-state index is 13.3. The van der Waals surface area contributed by atoms with E-state index in [2.05, 4.69) is 5.10 Å². The van der Waals surface area contributed by atoms with Crippen molar-refractivity contribution in [2.75, 3.05) is 13.7 Å². The van der Waals surface area contributed by atoms with Gasteiger partial charge in [0.05, 0.1) is 35.8 Å². The number of ether oxygens (including phenoxy) is 2. The third kappa shape index (κ3) is 4.75. The van der Waals surface area contributed by atoms with Crippen molar-refractivity contribution in [3.63, 3.8) is 0 Å². The Kier molecular flexibility index (Phi) is 6.59. The third-order valence-corrected chi connectivity index (χ3v) is 6.39. The Balaban J connectivity index is 1.37. The molecule has 0 N–H and O–H groups in total. The second-order valence-electron chi connectivity index (χ2n) is 8.59. The van der Waals surface area contributed by atoms with Crippen molar-refractivity contribution in [1.29, 1.82) is 0 Å². The van der Waals surface area contributed by atoms with E-state index >= 15 is 0 Å². The van der Waals surface area contributed by atoms with Crippen molar-refractivity contribution in [3.05, 3.63) is 87.8 Å². The van der Waals surface area contributed by atoms with Crippen LogP contribution in [0.1, 0.15) is 47.2 Å². The largest absolute Gasteiger partial charge is 0.490 e. The number of benzene rings is 1. The number of esters is 1. The Labute approximate surface area is 211 Å². The first-order chi connectivity index (χ1) is 18.0. The fourth-order valence-corrected chi connectivity index (χ4v) is 4.73. The second kappa shape index (κ2) is 10.1. The molecular weight excluding hydrogens is 482 g/mol. The van der Waals surface area contributed by atoms with E-state index in [1.165, 1.54) is 30.5 Å². The highest BCUT2D eigenvalue weighted by molar-refractivity contribution is 6.08.